The largest absolute Gasteiger partial charge is 0.508 e. The quantitative estimate of drug-likeness (QED) is 0.613. The maximum Gasteiger partial charge on any atom is 0.508 e. The number of allylic oxidation sites excluding steroid dienone is 2. The number of hydrogen-bond acceptors (Lipinski definition) is 7. The van der Waals surface area contributed by atoms with Gasteiger partial charge in [-0.25, -0.2) is 4.79 Å². The van der Waals surface area contributed by atoms with Crippen molar-refractivity contribution >= 4 is 6.16 Å². The van der Waals surface area contributed by atoms with Crippen LogP contribution in [0.2, 0.25) is 0 Å². The van der Waals surface area contributed by atoms with E-state index in [4.69, 9.17) is 23.7 Å². The van der Waals surface area contributed by atoms with Gasteiger partial charge in [0.1, 0.15) is 12.4 Å². The van der Waals surface area contributed by atoms with Crippen LogP contribution in [-0.4, -0.2) is 50.1 Å². The van der Waals surface area contributed by atoms with Gasteiger partial charge in [0.05, 0.1) is 31.7 Å². The summed E-state index contributed by atoms with van der Waals surface area (Å²) < 4.78 is 27.3. The molecule has 0 bridgehead atoms. The molecule has 0 amide bonds. The van der Waals surface area contributed by atoms with E-state index in [0.29, 0.717) is 18.8 Å². The Balaban J connectivity index is 1.60. The molecule has 2 unspecified atom stereocenters. The van der Waals surface area contributed by atoms with Crippen molar-refractivity contribution in [3.8, 4) is 5.75 Å². The Morgan fingerprint density at radius 2 is 1.94 bits per heavy atom. The van der Waals surface area contributed by atoms with Gasteiger partial charge in [0.25, 0.3) is 0 Å². The van der Waals surface area contributed by atoms with Gasteiger partial charge in [-0.3, -0.25) is 0 Å². The maximum atomic E-state index is 11.4. The molecule has 1 aliphatic carbocycles. The lowest BCUT2D eigenvalue weighted by Gasteiger charge is -2.36. The number of aliphatic hydroxyl groups excluding tert-OH is 1. The summed E-state index contributed by atoms with van der Waals surface area (Å²) in [5, 5.41) is 10.3. The molecule has 1 N–H and O–H groups in total. The average Bonchev–Trinajstić information content (AvgIpc) is 2.75. The summed E-state index contributed by atoms with van der Waals surface area (Å²) in [5.41, 5.74) is 1.22. The zero-order valence-electron chi connectivity index (χ0n) is 18.6. The highest BCUT2D eigenvalue weighted by atomic mass is 16.7. The second-order valence-electron chi connectivity index (χ2n) is 8.36. The Kier molecular flexibility index (Phi) is 8.60. The molecule has 1 aromatic carbocycles. The number of hydrogen-bond donors (Lipinski definition) is 1. The number of carbonyl (C=O) groups is 1. The number of methoxy groups -OCH3 is 1. The molecule has 3 rings (SSSR count). The van der Waals surface area contributed by atoms with Gasteiger partial charge in [-0.1, -0.05) is 19.1 Å². The van der Waals surface area contributed by atoms with Gasteiger partial charge in [0.2, 0.25) is 6.29 Å². The average molecular weight is 435 g/mol. The highest BCUT2D eigenvalue weighted by molar-refractivity contribution is 5.59. The minimum Gasteiger partial charge on any atom is -0.497 e. The minimum absolute atomic E-state index is 0.0289. The lowest BCUT2D eigenvalue weighted by molar-refractivity contribution is -0.211. The van der Waals surface area contributed by atoms with Gasteiger partial charge in [0, 0.05) is 18.8 Å². The van der Waals surface area contributed by atoms with Crippen LogP contribution in [0.4, 0.5) is 4.79 Å². The van der Waals surface area contributed by atoms with Gasteiger partial charge >= 0.3 is 6.16 Å². The monoisotopic (exact) mass is 434 g/mol. The second kappa shape index (κ2) is 11.4. The fourth-order valence-electron chi connectivity index (χ4n) is 4.16. The zero-order valence-corrected chi connectivity index (χ0v) is 18.6. The van der Waals surface area contributed by atoms with E-state index >= 15 is 0 Å². The Morgan fingerprint density at radius 3 is 2.65 bits per heavy atom. The molecule has 0 radical (unpaired) electrons. The third-order valence-electron chi connectivity index (χ3n) is 5.71. The van der Waals surface area contributed by atoms with Crippen LogP contribution in [0.15, 0.2) is 36.1 Å². The van der Waals surface area contributed by atoms with E-state index in [0.717, 1.165) is 30.8 Å². The molecule has 1 saturated heterocycles. The van der Waals surface area contributed by atoms with Crippen LogP contribution in [0.1, 0.15) is 45.1 Å². The topological polar surface area (TPSA) is 83.5 Å². The van der Waals surface area contributed by atoms with Crippen LogP contribution in [-0.2, 0) is 25.4 Å². The summed E-state index contributed by atoms with van der Waals surface area (Å²) in [6, 6.07) is 8.11. The molecular formula is C24H34O7. The summed E-state index contributed by atoms with van der Waals surface area (Å²) in [6.45, 7) is 4.24. The molecule has 2 aliphatic rings. The smallest absolute Gasteiger partial charge is 0.497 e. The lowest BCUT2D eigenvalue weighted by Crippen LogP contribution is -2.40. The molecule has 0 aromatic heterocycles. The molecule has 0 spiro atoms. The first-order valence-electron chi connectivity index (χ1n) is 11.1. The number of ether oxygens (including phenoxy) is 5. The Morgan fingerprint density at radius 1 is 1.16 bits per heavy atom. The van der Waals surface area contributed by atoms with E-state index in [-0.39, 0.29) is 19.1 Å². The molecule has 172 valence electrons. The Labute approximate surface area is 184 Å². The van der Waals surface area contributed by atoms with Gasteiger partial charge in [-0.15, -0.1) is 0 Å². The minimum atomic E-state index is -0.729. The normalized spacial score (nSPS) is 28.4. The third-order valence-corrected chi connectivity index (χ3v) is 5.71. The number of aliphatic hydroxyl groups is 1. The van der Waals surface area contributed by atoms with Crippen LogP contribution in [0, 0.1) is 11.8 Å². The van der Waals surface area contributed by atoms with Crippen LogP contribution in [0.3, 0.4) is 0 Å². The van der Waals surface area contributed by atoms with E-state index in [2.05, 4.69) is 25.1 Å². The molecule has 7 heteroatoms. The lowest BCUT2D eigenvalue weighted by atomic mass is 9.82. The zero-order chi connectivity index (χ0) is 22.2. The van der Waals surface area contributed by atoms with Gasteiger partial charge < -0.3 is 28.8 Å². The highest BCUT2D eigenvalue weighted by Gasteiger charge is 2.33. The fraction of sp³-hybridized carbons (Fsp3) is 0.625. The third kappa shape index (κ3) is 7.14. The van der Waals surface area contributed by atoms with Crippen molar-refractivity contribution in [2.45, 2.75) is 64.4 Å². The molecule has 1 aliphatic heterocycles. The van der Waals surface area contributed by atoms with Crippen molar-refractivity contribution in [2.75, 3.05) is 20.3 Å². The van der Waals surface area contributed by atoms with E-state index in [1.54, 1.807) is 14.0 Å². The van der Waals surface area contributed by atoms with Crippen molar-refractivity contribution < 1.29 is 33.6 Å². The molecule has 31 heavy (non-hydrogen) atoms. The Bertz CT molecular complexity index is 730. The summed E-state index contributed by atoms with van der Waals surface area (Å²) >= 11 is 0. The van der Waals surface area contributed by atoms with Crippen molar-refractivity contribution in [3.63, 3.8) is 0 Å². The summed E-state index contributed by atoms with van der Waals surface area (Å²) in [5.74, 6) is 2.58. The van der Waals surface area contributed by atoms with Gasteiger partial charge in [-0.2, -0.15) is 0 Å². The van der Waals surface area contributed by atoms with E-state index in [9.17, 15) is 9.90 Å². The van der Waals surface area contributed by atoms with Crippen LogP contribution in [0.25, 0.3) is 0 Å². The number of carbonyl (C=O) groups excluding carboxylic acids is 1. The molecule has 0 saturated carbocycles. The van der Waals surface area contributed by atoms with Crippen LogP contribution >= 0.6 is 0 Å². The van der Waals surface area contributed by atoms with Crippen molar-refractivity contribution in [1.29, 1.82) is 0 Å². The number of benzene rings is 1. The Hall–Kier alpha value is -2.25. The van der Waals surface area contributed by atoms with Crippen LogP contribution in [0.5, 0.6) is 5.75 Å². The van der Waals surface area contributed by atoms with Crippen molar-refractivity contribution in [2.24, 2.45) is 11.8 Å². The number of rotatable bonds is 8. The van der Waals surface area contributed by atoms with Gasteiger partial charge in [-0.05, 0) is 55.9 Å². The first-order valence-corrected chi connectivity index (χ1v) is 11.1. The summed E-state index contributed by atoms with van der Waals surface area (Å²) in [7, 11) is 1.66. The summed E-state index contributed by atoms with van der Waals surface area (Å²) in [6.07, 6.45) is 3.48. The van der Waals surface area contributed by atoms with Crippen LogP contribution < -0.4 is 4.74 Å². The molecule has 7 nitrogen and oxygen atoms in total. The highest BCUT2D eigenvalue weighted by Crippen LogP contribution is 2.35. The maximum absolute atomic E-state index is 11.4. The molecule has 1 fully saturated rings. The van der Waals surface area contributed by atoms with E-state index in [1.807, 2.05) is 12.1 Å². The van der Waals surface area contributed by atoms with Gasteiger partial charge in [0.15, 0.2) is 0 Å². The first kappa shape index (κ1) is 23.4. The predicted molar refractivity (Wildman–Crippen MR) is 115 cm³/mol. The van der Waals surface area contributed by atoms with Crippen molar-refractivity contribution in [1.82, 2.24) is 0 Å². The molecule has 5 atom stereocenters. The summed E-state index contributed by atoms with van der Waals surface area (Å²) in [4.78, 5) is 11.4. The standard InChI is InChI=1S/C24H34O7/c1-4-28-24(26)29-15-21-13-19(25)14-23(30-21)31-22-10-5-16(2)11-18(22)12-17-6-8-20(27-3)9-7-17/h6-10,16,18-19,21,23,25H,4-5,11-15H2,1-3H3/t16?,18?,19-,21-,23-/m0/s1. The molecule has 1 aromatic rings. The predicted octanol–water partition coefficient (Wildman–Crippen LogP) is 4.22. The SMILES string of the molecule is CCOC(=O)OC[C@@H]1C[C@H](O)C[C@H](OC2=CCC(C)CC2Cc2ccc(OC)cc2)O1. The first-order chi connectivity index (χ1) is 15.0. The molecular weight excluding hydrogens is 400 g/mol. The van der Waals surface area contributed by atoms with Crippen molar-refractivity contribution in [3.05, 3.63) is 41.7 Å². The fourth-order valence-corrected chi connectivity index (χ4v) is 4.16. The molecule has 1 heterocycles. The second-order valence-corrected chi connectivity index (χ2v) is 8.36. The van der Waals surface area contributed by atoms with E-state index in [1.165, 1.54) is 5.56 Å². The van der Waals surface area contributed by atoms with E-state index < -0.39 is 24.7 Å².